The van der Waals surface area contributed by atoms with Gasteiger partial charge in [0.2, 0.25) is 5.91 Å². The minimum Gasteiger partial charge on any atom is -0.481 e. The average Bonchev–Trinajstić information content (AvgIpc) is 2.91. The summed E-state index contributed by atoms with van der Waals surface area (Å²) in [6, 6.07) is 0.118. The van der Waals surface area contributed by atoms with E-state index in [2.05, 4.69) is 0 Å². The third kappa shape index (κ3) is 4.45. The van der Waals surface area contributed by atoms with E-state index in [1.807, 2.05) is 4.90 Å². The Morgan fingerprint density at radius 2 is 1.95 bits per heavy atom. The number of aliphatic carboxylic acids is 1. The Labute approximate surface area is 119 Å². The van der Waals surface area contributed by atoms with Gasteiger partial charge in [0.15, 0.2) is 0 Å². The van der Waals surface area contributed by atoms with E-state index in [4.69, 9.17) is 14.6 Å². The van der Waals surface area contributed by atoms with E-state index >= 15 is 0 Å². The SMILES string of the molecule is O=C(O)CCCC(=O)N1CCOCC1CC1CCOC1. The van der Waals surface area contributed by atoms with E-state index in [1.165, 1.54) is 0 Å². The lowest BCUT2D eigenvalue weighted by atomic mass is 9.97. The molecule has 2 unspecified atom stereocenters. The molecule has 6 heteroatoms. The fourth-order valence-electron chi connectivity index (χ4n) is 2.87. The summed E-state index contributed by atoms with van der Waals surface area (Å²) in [6.07, 6.45) is 2.74. The molecule has 0 saturated carbocycles. The van der Waals surface area contributed by atoms with Crippen molar-refractivity contribution in [2.75, 3.05) is 33.0 Å². The summed E-state index contributed by atoms with van der Waals surface area (Å²) in [5.74, 6) is -0.283. The molecule has 2 aliphatic rings. The number of carboxylic acid groups (broad SMARTS) is 1. The van der Waals surface area contributed by atoms with Gasteiger partial charge in [0.25, 0.3) is 0 Å². The van der Waals surface area contributed by atoms with E-state index in [0.717, 1.165) is 26.1 Å². The fraction of sp³-hybridized carbons (Fsp3) is 0.857. The molecule has 0 radical (unpaired) electrons. The van der Waals surface area contributed by atoms with Crippen LogP contribution < -0.4 is 0 Å². The lowest BCUT2D eigenvalue weighted by Gasteiger charge is -2.37. The number of amides is 1. The molecule has 2 saturated heterocycles. The number of hydrogen-bond donors (Lipinski definition) is 1. The first-order valence-electron chi connectivity index (χ1n) is 7.33. The van der Waals surface area contributed by atoms with Gasteiger partial charge in [-0.25, -0.2) is 0 Å². The summed E-state index contributed by atoms with van der Waals surface area (Å²) >= 11 is 0. The molecule has 1 amide bonds. The second kappa shape index (κ2) is 7.59. The second-order valence-electron chi connectivity index (χ2n) is 5.53. The summed E-state index contributed by atoms with van der Waals surface area (Å²) in [5, 5.41) is 8.62. The predicted octanol–water partition coefficient (Wildman–Crippen LogP) is 0.895. The number of ether oxygens (including phenoxy) is 2. The van der Waals surface area contributed by atoms with Crippen molar-refractivity contribution in [1.29, 1.82) is 0 Å². The molecule has 0 aromatic heterocycles. The molecule has 2 aliphatic heterocycles. The molecule has 0 aliphatic carbocycles. The molecule has 2 heterocycles. The Kier molecular flexibility index (Phi) is 5.79. The summed E-state index contributed by atoms with van der Waals surface area (Å²) in [6.45, 7) is 3.36. The van der Waals surface area contributed by atoms with Gasteiger partial charge in [-0.05, 0) is 25.2 Å². The maximum atomic E-state index is 12.2. The number of carbonyl (C=O) groups excluding carboxylic acids is 1. The molecule has 0 aromatic rings. The van der Waals surface area contributed by atoms with Gasteiger partial charge in [-0.3, -0.25) is 9.59 Å². The summed E-state index contributed by atoms with van der Waals surface area (Å²) < 4.78 is 10.9. The molecular weight excluding hydrogens is 262 g/mol. The zero-order chi connectivity index (χ0) is 14.4. The van der Waals surface area contributed by atoms with Gasteiger partial charge < -0.3 is 19.5 Å². The lowest BCUT2D eigenvalue weighted by molar-refractivity contribution is -0.141. The first-order chi connectivity index (χ1) is 9.66. The van der Waals surface area contributed by atoms with Gasteiger partial charge in [0.1, 0.15) is 0 Å². The van der Waals surface area contributed by atoms with Crippen LogP contribution in [-0.4, -0.2) is 60.9 Å². The van der Waals surface area contributed by atoms with E-state index < -0.39 is 5.97 Å². The number of morpholine rings is 1. The predicted molar refractivity (Wildman–Crippen MR) is 71.3 cm³/mol. The van der Waals surface area contributed by atoms with Crippen molar-refractivity contribution in [1.82, 2.24) is 4.90 Å². The molecule has 0 spiro atoms. The van der Waals surface area contributed by atoms with Gasteiger partial charge in [0.05, 0.1) is 19.3 Å². The second-order valence-corrected chi connectivity index (χ2v) is 5.53. The molecule has 114 valence electrons. The van der Waals surface area contributed by atoms with Crippen LogP contribution >= 0.6 is 0 Å². The third-order valence-corrected chi connectivity index (χ3v) is 3.96. The average molecular weight is 285 g/mol. The van der Waals surface area contributed by atoms with Gasteiger partial charge in [-0.15, -0.1) is 0 Å². The van der Waals surface area contributed by atoms with Crippen molar-refractivity contribution >= 4 is 11.9 Å². The molecular formula is C14H23NO5. The van der Waals surface area contributed by atoms with E-state index in [9.17, 15) is 9.59 Å². The fourth-order valence-corrected chi connectivity index (χ4v) is 2.87. The van der Waals surface area contributed by atoms with Crippen molar-refractivity contribution < 1.29 is 24.2 Å². The van der Waals surface area contributed by atoms with Crippen molar-refractivity contribution in [2.45, 2.75) is 38.1 Å². The number of carbonyl (C=O) groups is 2. The number of hydrogen-bond acceptors (Lipinski definition) is 4. The first kappa shape index (κ1) is 15.3. The molecule has 6 nitrogen and oxygen atoms in total. The lowest BCUT2D eigenvalue weighted by Crippen LogP contribution is -2.49. The minimum atomic E-state index is -0.848. The molecule has 2 fully saturated rings. The summed E-state index contributed by atoms with van der Waals surface area (Å²) in [4.78, 5) is 24.6. The number of rotatable bonds is 6. The van der Waals surface area contributed by atoms with Crippen LogP contribution in [0, 0.1) is 5.92 Å². The standard InChI is InChI=1S/C14H23NO5/c16-13(2-1-3-14(17)18)15-5-7-20-10-12(15)8-11-4-6-19-9-11/h11-12H,1-10H2,(H,17,18). The number of carboxylic acids is 1. The van der Waals surface area contributed by atoms with Crippen LogP contribution in [0.2, 0.25) is 0 Å². The maximum Gasteiger partial charge on any atom is 0.303 e. The van der Waals surface area contributed by atoms with E-state index in [0.29, 0.717) is 38.5 Å². The highest BCUT2D eigenvalue weighted by atomic mass is 16.5. The van der Waals surface area contributed by atoms with Gasteiger partial charge >= 0.3 is 5.97 Å². The zero-order valence-electron chi connectivity index (χ0n) is 11.8. The van der Waals surface area contributed by atoms with E-state index in [1.54, 1.807) is 0 Å². The highest BCUT2D eigenvalue weighted by Gasteiger charge is 2.30. The smallest absolute Gasteiger partial charge is 0.303 e. The molecule has 0 aromatic carbocycles. The maximum absolute atomic E-state index is 12.2. The Hall–Kier alpha value is -1.14. The largest absolute Gasteiger partial charge is 0.481 e. The molecule has 20 heavy (non-hydrogen) atoms. The number of nitrogens with zero attached hydrogens (tertiary/aromatic N) is 1. The highest BCUT2D eigenvalue weighted by Crippen LogP contribution is 2.23. The Morgan fingerprint density at radius 3 is 2.65 bits per heavy atom. The van der Waals surface area contributed by atoms with E-state index in [-0.39, 0.29) is 18.4 Å². The van der Waals surface area contributed by atoms with Gasteiger partial charge in [0, 0.05) is 32.6 Å². The van der Waals surface area contributed by atoms with Crippen LogP contribution in [0.25, 0.3) is 0 Å². The van der Waals surface area contributed by atoms with Crippen molar-refractivity contribution in [3.8, 4) is 0 Å². The molecule has 1 N–H and O–H groups in total. The Balaban J connectivity index is 1.81. The Morgan fingerprint density at radius 1 is 1.15 bits per heavy atom. The van der Waals surface area contributed by atoms with Gasteiger partial charge in [-0.1, -0.05) is 0 Å². The molecule has 2 atom stereocenters. The van der Waals surface area contributed by atoms with Crippen molar-refractivity contribution in [3.05, 3.63) is 0 Å². The third-order valence-electron chi connectivity index (χ3n) is 3.96. The summed E-state index contributed by atoms with van der Waals surface area (Å²) in [7, 11) is 0. The van der Waals surface area contributed by atoms with Crippen LogP contribution in [0.3, 0.4) is 0 Å². The minimum absolute atomic E-state index is 0.0528. The first-order valence-corrected chi connectivity index (χ1v) is 7.33. The van der Waals surface area contributed by atoms with Crippen molar-refractivity contribution in [2.24, 2.45) is 5.92 Å². The van der Waals surface area contributed by atoms with Crippen LogP contribution in [-0.2, 0) is 19.1 Å². The van der Waals surface area contributed by atoms with Crippen LogP contribution in [0.1, 0.15) is 32.1 Å². The molecule has 0 bridgehead atoms. The molecule has 2 rings (SSSR count). The Bertz CT molecular complexity index is 340. The highest BCUT2D eigenvalue weighted by molar-refractivity contribution is 5.77. The normalized spacial score (nSPS) is 26.7. The zero-order valence-corrected chi connectivity index (χ0v) is 11.8. The topological polar surface area (TPSA) is 76.1 Å². The summed E-state index contributed by atoms with van der Waals surface area (Å²) in [5.41, 5.74) is 0. The quantitative estimate of drug-likeness (QED) is 0.784. The van der Waals surface area contributed by atoms with Crippen LogP contribution in [0.5, 0.6) is 0 Å². The monoisotopic (exact) mass is 285 g/mol. The van der Waals surface area contributed by atoms with Crippen LogP contribution in [0.4, 0.5) is 0 Å². The van der Waals surface area contributed by atoms with Crippen LogP contribution in [0.15, 0.2) is 0 Å². The van der Waals surface area contributed by atoms with Crippen molar-refractivity contribution in [3.63, 3.8) is 0 Å². The van der Waals surface area contributed by atoms with Gasteiger partial charge in [-0.2, -0.15) is 0 Å².